The zero-order chi connectivity index (χ0) is 24.4. The number of methoxy groups -OCH3 is 1. The van der Waals surface area contributed by atoms with Crippen molar-refractivity contribution >= 4 is 15.7 Å². The molecular weight excluding hydrogens is 464 g/mol. The first kappa shape index (κ1) is 23.5. The molecule has 0 radical (unpaired) electrons. The van der Waals surface area contributed by atoms with Gasteiger partial charge in [0, 0.05) is 37.3 Å². The van der Waals surface area contributed by atoms with Crippen molar-refractivity contribution in [1.82, 2.24) is 4.90 Å². The van der Waals surface area contributed by atoms with Crippen LogP contribution < -0.4 is 18.5 Å². The summed E-state index contributed by atoms with van der Waals surface area (Å²) in [7, 11) is -2.11. The number of anilines is 1. The van der Waals surface area contributed by atoms with Crippen LogP contribution in [0.15, 0.2) is 71.6 Å². The van der Waals surface area contributed by atoms with Crippen LogP contribution in [0.4, 0.5) is 5.69 Å². The number of sulfonamides is 1. The van der Waals surface area contributed by atoms with Crippen molar-refractivity contribution in [3.8, 4) is 17.2 Å². The highest BCUT2D eigenvalue weighted by Gasteiger charge is 2.35. The smallest absolute Gasteiger partial charge is 0.264 e. The Bertz CT molecular complexity index is 1300. The van der Waals surface area contributed by atoms with Crippen molar-refractivity contribution in [2.45, 2.75) is 37.2 Å². The van der Waals surface area contributed by atoms with E-state index in [0.29, 0.717) is 34.9 Å². The van der Waals surface area contributed by atoms with Gasteiger partial charge in [-0.2, -0.15) is 0 Å². The molecule has 0 saturated carbocycles. The van der Waals surface area contributed by atoms with Crippen LogP contribution in [0.25, 0.3) is 0 Å². The van der Waals surface area contributed by atoms with Gasteiger partial charge in [-0.25, -0.2) is 8.42 Å². The number of benzene rings is 3. The highest BCUT2D eigenvalue weighted by atomic mass is 32.2. The Balaban J connectivity index is 1.43. The average Bonchev–Trinajstić information content (AvgIpc) is 3.34. The summed E-state index contributed by atoms with van der Waals surface area (Å²) in [4.78, 5) is 2.68. The fraction of sp³-hybridized carbons (Fsp3) is 0.333. The van der Waals surface area contributed by atoms with Crippen LogP contribution in [-0.2, 0) is 16.6 Å². The number of hydrogen-bond acceptors (Lipinski definition) is 6. The Morgan fingerprint density at radius 2 is 1.69 bits per heavy atom. The standard InChI is InChI=1S/C27H30N2O5S/c1-20-7-3-6-10-27(20)35(30,31)29(23-11-12-25-26(17-23)34-19-33-25)22-13-15-28(16-14-22)18-21-8-4-5-9-24(21)32-2/h3-12,17,22H,13-16,18-19H2,1-2H3. The molecule has 5 rings (SSSR count). The van der Waals surface area contributed by atoms with Crippen LogP contribution in [0.2, 0.25) is 0 Å². The SMILES string of the molecule is COc1ccccc1CN1CCC(N(c2ccc3c(c2)OCO3)S(=O)(=O)c2ccccc2C)CC1. The predicted molar refractivity (Wildman–Crippen MR) is 135 cm³/mol. The summed E-state index contributed by atoms with van der Waals surface area (Å²) in [5.74, 6) is 2.08. The second-order valence-electron chi connectivity index (χ2n) is 8.92. The van der Waals surface area contributed by atoms with E-state index in [9.17, 15) is 8.42 Å². The minimum Gasteiger partial charge on any atom is -0.496 e. The first-order chi connectivity index (χ1) is 17.0. The molecule has 0 aliphatic carbocycles. The molecule has 184 valence electrons. The van der Waals surface area contributed by atoms with Crippen molar-refractivity contribution in [3.05, 3.63) is 77.9 Å². The average molecular weight is 495 g/mol. The van der Waals surface area contributed by atoms with E-state index in [0.717, 1.165) is 36.5 Å². The molecule has 35 heavy (non-hydrogen) atoms. The lowest BCUT2D eigenvalue weighted by molar-refractivity contribution is 0.174. The summed E-state index contributed by atoms with van der Waals surface area (Å²) in [6.07, 6.45) is 1.43. The summed E-state index contributed by atoms with van der Waals surface area (Å²) in [6, 6.07) is 20.4. The number of hydrogen-bond donors (Lipinski definition) is 0. The van der Waals surface area contributed by atoms with Gasteiger partial charge in [-0.05, 0) is 49.6 Å². The van der Waals surface area contributed by atoms with Crippen molar-refractivity contribution < 1.29 is 22.6 Å². The van der Waals surface area contributed by atoms with Crippen molar-refractivity contribution in [2.24, 2.45) is 0 Å². The second-order valence-corrected chi connectivity index (χ2v) is 10.7. The van der Waals surface area contributed by atoms with E-state index in [1.165, 1.54) is 0 Å². The van der Waals surface area contributed by atoms with E-state index >= 15 is 0 Å². The predicted octanol–water partition coefficient (Wildman–Crippen LogP) is 4.59. The summed E-state index contributed by atoms with van der Waals surface area (Å²) >= 11 is 0. The molecule has 0 spiro atoms. The molecule has 0 unspecified atom stereocenters. The van der Waals surface area contributed by atoms with Gasteiger partial charge in [-0.1, -0.05) is 36.4 Å². The monoisotopic (exact) mass is 494 g/mol. The van der Waals surface area contributed by atoms with Gasteiger partial charge >= 0.3 is 0 Å². The Labute approximate surface area is 206 Å². The maximum absolute atomic E-state index is 14.0. The molecule has 0 atom stereocenters. The molecule has 8 heteroatoms. The molecule has 7 nitrogen and oxygen atoms in total. The molecule has 0 aromatic heterocycles. The van der Waals surface area contributed by atoms with Gasteiger partial charge in [0.05, 0.1) is 17.7 Å². The molecule has 1 fully saturated rings. The van der Waals surface area contributed by atoms with Gasteiger partial charge in [-0.15, -0.1) is 0 Å². The van der Waals surface area contributed by atoms with E-state index in [1.807, 2.05) is 43.3 Å². The fourth-order valence-electron chi connectivity index (χ4n) is 4.91. The number of nitrogens with zero attached hydrogens (tertiary/aromatic N) is 2. The zero-order valence-corrected chi connectivity index (χ0v) is 20.8. The van der Waals surface area contributed by atoms with Gasteiger partial charge in [-0.3, -0.25) is 9.21 Å². The molecule has 0 amide bonds. The lowest BCUT2D eigenvalue weighted by Crippen LogP contribution is -2.47. The molecule has 3 aromatic rings. The Kier molecular flexibility index (Phi) is 6.58. The molecule has 3 aromatic carbocycles. The molecule has 1 saturated heterocycles. The van der Waals surface area contributed by atoms with Crippen LogP contribution >= 0.6 is 0 Å². The van der Waals surface area contributed by atoms with E-state index in [1.54, 1.807) is 35.7 Å². The number of piperidine rings is 1. The number of likely N-dealkylation sites (tertiary alicyclic amines) is 1. The maximum atomic E-state index is 14.0. The highest BCUT2D eigenvalue weighted by Crippen LogP contribution is 2.39. The first-order valence-electron chi connectivity index (χ1n) is 11.8. The molecule has 0 N–H and O–H groups in total. The van der Waals surface area contributed by atoms with Crippen molar-refractivity contribution in [1.29, 1.82) is 0 Å². The van der Waals surface area contributed by atoms with Gasteiger partial charge in [0.15, 0.2) is 11.5 Å². The third kappa shape index (κ3) is 4.68. The Hall–Kier alpha value is -3.23. The zero-order valence-electron chi connectivity index (χ0n) is 20.0. The summed E-state index contributed by atoms with van der Waals surface area (Å²) in [5.41, 5.74) is 2.46. The minimum atomic E-state index is -3.79. The quantitative estimate of drug-likeness (QED) is 0.479. The number of aryl methyl sites for hydroxylation is 1. The van der Waals surface area contributed by atoms with Crippen LogP contribution in [0.5, 0.6) is 17.2 Å². The molecule has 0 bridgehead atoms. The van der Waals surface area contributed by atoms with E-state index < -0.39 is 10.0 Å². The lowest BCUT2D eigenvalue weighted by Gasteiger charge is -2.39. The Morgan fingerprint density at radius 3 is 2.46 bits per heavy atom. The van der Waals surface area contributed by atoms with Crippen LogP contribution in [0.3, 0.4) is 0 Å². The van der Waals surface area contributed by atoms with Crippen LogP contribution in [-0.4, -0.2) is 46.4 Å². The molecule has 2 heterocycles. The third-order valence-electron chi connectivity index (χ3n) is 6.72. The van der Waals surface area contributed by atoms with E-state index in [4.69, 9.17) is 14.2 Å². The largest absolute Gasteiger partial charge is 0.496 e. The fourth-order valence-corrected chi connectivity index (χ4v) is 6.84. The van der Waals surface area contributed by atoms with Gasteiger partial charge in [0.25, 0.3) is 10.0 Å². The topological polar surface area (TPSA) is 68.3 Å². The minimum absolute atomic E-state index is 0.144. The first-order valence-corrected chi connectivity index (χ1v) is 13.3. The van der Waals surface area contributed by atoms with E-state index in [2.05, 4.69) is 11.0 Å². The normalized spacial score (nSPS) is 16.3. The summed E-state index contributed by atoms with van der Waals surface area (Å²) < 4.78 is 46.2. The maximum Gasteiger partial charge on any atom is 0.264 e. The van der Waals surface area contributed by atoms with Gasteiger partial charge < -0.3 is 14.2 Å². The highest BCUT2D eigenvalue weighted by molar-refractivity contribution is 7.93. The third-order valence-corrected chi connectivity index (χ3v) is 8.76. The van der Waals surface area contributed by atoms with E-state index in [-0.39, 0.29) is 12.8 Å². The lowest BCUT2D eigenvalue weighted by atomic mass is 10.0. The number of fused-ring (bicyclic) bond motifs is 1. The molecular formula is C27H30N2O5S. The number of rotatable bonds is 7. The summed E-state index contributed by atoms with van der Waals surface area (Å²) in [6.45, 7) is 4.32. The molecule has 2 aliphatic rings. The van der Waals surface area contributed by atoms with Crippen molar-refractivity contribution in [2.75, 3.05) is 31.3 Å². The summed E-state index contributed by atoms with van der Waals surface area (Å²) in [5, 5.41) is 0. The molecule has 2 aliphatic heterocycles. The van der Waals surface area contributed by atoms with Gasteiger partial charge in [0.2, 0.25) is 6.79 Å². The number of para-hydroxylation sites is 1. The Morgan fingerprint density at radius 1 is 0.971 bits per heavy atom. The second kappa shape index (κ2) is 9.79. The van der Waals surface area contributed by atoms with Crippen LogP contribution in [0, 0.1) is 6.92 Å². The van der Waals surface area contributed by atoms with Crippen LogP contribution in [0.1, 0.15) is 24.0 Å². The number of ether oxygens (including phenoxy) is 3. The van der Waals surface area contributed by atoms with Gasteiger partial charge in [0.1, 0.15) is 5.75 Å². The van der Waals surface area contributed by atoms with Crippen molar-refractivity contribution in [3.63, 3.8) is 0 Å².